The third-order valence-corrected chi connectivity index (χ3v) is 13.7. The van der Waals surface area contributed by atoms with Gasteiger partial charge in [-0.3, -0.25) is 4.79 Å². The molecule has 0 aromatic rings. The summed E-state index contributed by atoms with van der Waals surface area (Å²) in [5.41, 5.74) is 0. The molecule has 0 aliphatic carbocycles. The molecular weight excluding hydrogens is 879 g/mol. The maximum atomic E-state index is 12.5. The van der Waals surface area contributed by atoms with Gasteiger partial charge in [-0.25, -0.2) is 0 Å². The Hall–Kier alpha value is -2.95. The van der Waals surface area contributed by atoms with Crippen LogP contribution in [0.4, 0.5) is 0 Å². The van der Waals surface area contributed by atoms with Gasteiger partial charge in [-0.05, 0) is 96.3 Å². The minimum Gasteiger partial charge on any atom is -0.394 e. The van der Waals surface area contributed by atoms with Gasteiger partial charge in [0.05, 0.1) is 18.8 Å². The van der Waals surface area contributed by atoms with Crippen LogP contribution >= 0.6 is 0 Å². The molecule has 2 unspecified atom stereocenters. The summed E-state index contributed by atoms with van der Waals surface area (Å²) in [6.45, 7) is 4.20. The van der Waals surface area contributed by atoms with Crippen molar-refractivity contribution >= 4 is 5.91 Å². The Labute approximate surface area is 448 Å². The highest BCUT2D eigenvalue weighted by Gasteiger charge is 2.18. The molecule has 4 nitrogen and oxygen atoms in total. The molecule has 0 saturated heterocycles. The molecule has 414 valence electrons. The largest absolute Gasteiger partial charge is 0.394 e. The average molecular weight is 999 g/mol. The van der Waals surface area contributed by atoms with Crippen LogP contribution in [-0.2, 0) is 4.79 Å². The van der Waals surface area contributed by atoms with Crippen LogP contribution in [0, 0.1) is 0 Å². The predicted molar refractivity (Wildman–Crippen MR) is 322 cm³/mol. The number of aliphatic hydroxyl groups is 2. The average Bonchev–Trinajstić information content (AvgIpc) is 3.39. The van der Waals surface area contributed by atoms with Crippen molar-refractivity contribution in [1.29, 1.82) is 0 Å². The molecule has 72 heavy (non-hydrogen) atoms. The molecule has 0 spiro atoms. The zero-order chi connectivity index (χ0) is 52.0. The normalized spacial score (nSPS) is 13.6. The monoisotopic (exact) mass is 998 g/mol. The van der Waals surface area contributed by atoms with E-state index in [1.807, 2.05) is 6.08 Å². The molecular formula is C68H119NO3. The van der Waals surface area contributed by atoms with Crippen molar-refractivity contribution in [3.63, 3.8) is 0 Å². The summed E-state index contributed by atoms with van der Waals surface area (Å²) in [6.07, 6.45) is 94.2. The first-order valence-electron chi connectivity index (χ1n) is 31.1. The topological polar surface area (TPSA) is 69.6 Å². The lowest BCUT2D eigenvalue weighted by atomic mass is 10.0. The number of aliphatic hydroxyl groups excluding tert-OH is 2. The maximum absolute atomic E-state index is 12.5. The molecule has 1 amide bonds. The van der Waals surface area contributed by atoms with Crippen LogP contribution in [0.1, 0.15) is 296 Å². The van der Waals surface area contributed by atoms with E-state index in [4.69, 9.17) is 0 Å². The van der Waals surface area contributed by atoms with Gasteiger partial charge in [-0.15, -0.1) is 0 Å². The van der Waals surface area contributed by atoms with Crippen LogP contribution < -0.4 is 5.32 Å². The van der Waals surface area contributed by atoms with Crippen LogP contribution in [0.25, 0.3) is 0 Å². The second-order valence-electron chi connectivity index (χ2n) is 20.7. The summed E-state index contributed by atoms with van der Waals surface area (Å²) in [4.78, 5) is 12.5. The molecule has 0 aromatic heterocycles. The van der Waals surface area contributed by atoms with Crippen LogP contribution in [0.15, 0.2) is 109 Å². The van der Waals surface area contributed by atoms with E-state index in [2.05, 4.69) is 116 Å². The number of rotatable bonds is 56. The van der Waals surface area contributed by atoms with Crippen LogP contribution in [-0.4, -0.2) is 34.9 Å². The van der Waals surface area contributed by atoms with Crippen molar-refractivity contribution in [2.45, 2.75) is 309 Å². The molecule has 0 radical (unpaired) electrons. The number of nitrogens with one attached hydrogen (secondary N) is 1. The summed E-state index contributed by atoms with van der Waals surface area (Å²) in [5, 5.41) is 23.2. The second-order valence-corrected chi connectivity index (χ2v) is 20.7. The van der Waals surface area contributed by atoms with Gasteiger partial charge in [0.2, 0.25) is 5.91 Å². The van der Waals surface area contributed by atoms with Crippen molar-refractivity contribution in [2.75, 3.05) is 6.61 Å². The lowest BCUT2D eigenvalue weighted by Crippen LogP contribution is -2.45. The lowest BCUT2D eigenvalue weighted by Gasteiger charge is -2.19. The zero-order valence-electron chi connectivity index (χ0n) is 47.7. The van der Waals surface area contributed by atoms with Gasteiger partial charge in [0, 0.05) is 6.42 Å². The molecule has 0 fully saturated rings. The van der Waals surface area contributed by atoms with E-state index >= 15 is 0 Å². The van der Waals surface area contributed by atoms with E-state index in [1.54, 1.807) is 6.08 Å². The lowest BCUT2D eigenvalue weighted by molar-refractivity contribution is -0.123. The Bertz CT molecular complexity index is 1360. The van der Waals surface area contributed by atoms with E-state index in [0.29, 0.717) is 6.42 Å². The van der Waals surface area contributed by atoms with Gasteiger partial charge in [0.25, 0.3) is 0 Å². The highest BCUT2D eigenvalue weighted by Crippen LogP contribution is 2.16. The Kier molecular flexibility index (Phi) is 59.8. The summed E-state index contributed by atoms with van der Waals surface area (Å²) in [7, 11) is 0. The third kappa shape index (κ3) is 57.9. The van der Waals surface area contributed by atoms with Crippen molar-refractivity contribution in [3.05, 3.63) is 109 Å². The van der Waals surface area contributed by atoms with Crippen LogP contribution in [0.5, 0.6) is 0 Å². The Morgan fingerprint density at radius 2 is 0.625 bits per heavy atom. The quantitative estimate of drug-likeness (QED) is 0.0420. The second kappa shape index (κ2) is 62.3. The Balaban J connectivity index is 3.58. The van der Waals surface area contributed by atoms with Gasteiger partial charge < -0.3 is 15.5 Å². The summed E-state index contributed by atoms with van der Waals surface area (Å²) in [6, 6.07) is -0.655. The molecule has 2 atom stereocenters. The number of unbranched alkanes of at least 4 members (excludes halogenated alkanes) is 33. The van der Waals surface area contributed by atoms with E-state index in [0.717, 1.165) is 77.0 Å². The first kappa shape index (κ1) is 69.0. The number of carbonyl (C=O) groups is 1. The van der Waals surface area contributed by atoms with Crippen molar-refractivity contribution in [2.24, 2.45) is 0 Å². The number of hydrogen-bond acceptors (Lipinski definition) is 3. The molecule has 0 aromatic carbocycles. The molecule has 3 N–H and O–H groups in total. The SMILES string of the molecule is CC/C=C\C/C=C\C/C=C\C/C=C\C/C=C\C/C=C\CCCCCCCCCCCCCCC(=O)NC(CO)C(O)/C=C/CC/C=C/CC/C=C/CCCCCCCCCCCCCCCCCCCCC. The molecule has 0 saturated carbocycles. The number of carbonyl (C=O) groups excluding carboxylic acids is 1. The first-order valence-corrected chi connectivity index (χ1v) is 31.1. The van der Waals surface area contributed by atoms with Gasteiger partial charge in [-0.1, -0.05) is 303 Å². The molecule has 0 heterocycles. The third-order valence-electron chi connectivity index (χ3n) is 13.7. The van der Waals surface area contributed by atoms with Crippen LogP contribution in [0.3, 0.4) is 0 Å². The fourth-order valence-electron chi connectivity index (χ4n) is 9.04. The zero-order valence-corrected chi connectivity index (χ0v) is 47.7. The summed E-state index contributed by atoms with van der Waals surface area (Å²) >= 11 is 0. The van der Waals surface area contributed by atoms with Crippen molar-refractivity contribution in [1.82, 2.24) is 5.32 Å². The molecule has 0 aliphatic heterocycles. The van der Waals surface area contributed by atoms with Gasteiger partial charge >= 0.3 is 0 Å². The minimum absolute atomic E-state index is 0.0820. The van der Waals surface area contributed by atoms with Gasteiger partial charge in [0.1, 0.15) is 0 Å². The highest BCUT2D eigenvalue weighted by molar-refractivity contribution is 5.76. The van der Waals surface area contributed by atoms with E-state index in [-0.39, 0.29) is 12.5 Å². The van der Waals surface area contributed by atoms with Crippen molar-refractivity contribution < 1.29 is 15.0 Å². The molecule has 0 bridgehead atoms. The van der Waals surface area contributed by atoms with Crippen LogP contribution in [0.2, 0.25) is 0 Å². The maximum Gasteiger partial charge on any atom is 0.220 e. The fourth-order valence-corrected chi connectivity index (χ4v) is 9.04. The highest BCUT2D eigenvalue weighted by atomic mass is 16.3. The summed E-state index contributed by atoms with van der Waals surface area (Å²) < 4.78 is 0. The molecule has 0 rings (SSSR count). The molecule has 0 aliphatic rings. The summed E-state index contributed by atoms with van der Waals surface area (Å²) in [5.74, 6) is -0.0820. The first-order chi connectivity index (χ1) is 35.7. The standard InChI is InChI=1S/C68H119NO3/c1-3-5-7-9-11-13-15-17-19-21-23-25-27-29-31-33-34-36-38-40-42-44-46-48-50-52-54-56-58-60-62-64-68(72)69-66(65-70)67(71)63-61-59-57-55-53-51-49-47-45-43-41-39-37-35-32-30-28-26-24-22-20-18-16-14-12-10-8-6-4-2/h5,7,11,13,17,19,23,25,29,31,34,36,45,47,53,55,61,63,66-67,70-71H,3-4,6,8-10,12,14-16,18,20-22,24,26-28,30,32-33,35,37-44,46,48-52,54,56-60,62,64-65H2,1-2H3,(H,69,72)/b7-5-,13-11-,19-17-,25-23-,31-29-,36-34-,47-45+,55-53+,63-61+. The van der Waals surface area contributed by atoms with E-state index < -0.39 is 12.1 Å². The van der Waals surface area contributed by atoms with Crippen molar-refractivity contribution in [3.8, 4) is 0 Å². The number of allylic oxidation sites excluding steroid dienone is 17. The number of amides is 1. The fraction of sp³-hybridized carbons (Fsp3) is 0.721. The Morgan fingerprint density at radius 1 is 0.347 bits per heavy atom. The van der Waals surface area contributed by atoms with Gasteiger partial charge in [-0.2, -0.15) is 0 Å². The minimum atomic E-state index is -0.879. The number of hydrogen-bond donors (Lipinski definition) is 3. The Morgan fingerprint density at radius 3 is 0.972 bits per heavy atom. The van der Waals surface area contributed by atoms with E-state index in [1.165, 1.54) is 199 Å². The molecule has 4 heteroatoms. The predicted octanol–water partition coefficient (Wildman–Crippen LogP) is 21.0. The van der Waals surface area contributed by atoms with E-state index in [9.17, 15) is 15.0 Å². The van der Waals surface area contributed by atoms with Gasteiger partial charge in [0.15, 0.2) is 0 Å². The smallest absolute Gasteiger partial charge is 0.220 e.